The van der Waals surface area contributed by atoms with Crippen LogP contribution < -0.4 is 15.4 Å². The van der Waals surface area contributed by atoms with Gasteiger partial charge in [-0.15, -0.1) is 0 Å². The van der Waals surface area contributed by atoms with Crippen LogP contribution in [-0.4, -0.2) is 24.1 Å². The van der Waals surface area contributed by atoms with Gasteiger partial charge in [0.1, 0.15) is 5.82 Å². The van der Waals surface area contributed by atoms with Gasteiger partial charge in [0.25, 0.3) is 0 Å². The molecule has 0 bridgehead atoms. The standard InChI is InChI=1S/C19H25FN4O/c1-13(2)25-18-8-6-16(11-22-18)12-24-19(21-4)23-10-15-5-7-17(20)14(3)9-15/h5-9,11,13H,10,12H2,1-4H3,(H2,21,23,24). The lowest BCUT2D eigenvalue weighted by Crippen LogP contribution is -2.36. The first-order valence-corrected chi connectivity index (χ1v) is 8.29. The zero-order valence-electron chi connectivity index (χ0n) is 15.1. The van der Waals surface area contributed by atoms with Crippen LogP contribution in [0.25, 0.3) is 0 Å². The van der Waals surface area contributed by atoms with Crippen molar-refractivity contribution in [2.24, 2.45) is 4.99 Å². The first kappa shape index (κ1) is 18.7. The summed E-state index contributed by atoms with van der Waals surface area (Å²) in [5.74, 6) is 1.10. The maximum absolute atomic E-state index is 13.3. The summed E-state index contributed by atoms with van der Waals surface area (Å²) >= 11 is 0. The number of guanidine groups is 1. The van der Waals surface area contributed by atoms with Gasteiger partial charge in [-0.3, -0.25) is 4.99 Å². The van der Waals surface area contributed by atoms with E-state index in [2.05, 4.69) is 20.6 Å². The minimum atomic E-state index is -0.191. The highest BCUT2D eigenvalue weighted by atomic mass is 19.1. The van der Waals surface area contributed by atoms with Crippen molar-refractivity contribution < 1.29 is 9.13 Å². The molecule has 1 aromatic heterocycles. The van der Waals surface area contributed by atoms with Gasteiger partial charge in [0.05, 0.1) is 6.10 Å². The van der Waals surface area contributed by atoms with Gasteiger partial charge in [0, 0.05) is 32.4 Å². The SMILES string of the molecule is CN=C(NCc1ccc(OC(C)C)nc1)NCc1ccc(F)c(C)c1. The molecule has 1 aromatic carbocycles. The Morgan fingerprint density at radius 3 is 2.40 bits per heavy atom. The lowest BCUT2D eigenvalue weighted by Gasteiger charge is -2.13. The van der Waals surface area contributed by atoms with Crippen molar-refractivity contribution in [3.05, 3.63) is 59.0 Å². The van der Waals surface area contributed by atoms with E-state index < -0.39 is 0 Å². The fourth-order valence-electron chi connectivity index (χ4n) is 2.24. The predicted octanol–water partition coefficient (Wildman–Crippen LogP) is 3.18. The number of pyridine rings is 1. The number of nitrogens with one attached hydrogen (secondary N) is 2. The van der Waals surface area contributed by atoms with Crippen molar-refractivity contribution >= 4 is 5.96 Å². The minimum Gasteiger partial charge on any atom is -0.475 e. The summed E-state index contributed by atoms with van der Waals surface area (Å²) < 4.78 is 18.8. The number of nitrogens with zero attached hydrogens (tertiary/aromatic N) is 2. The molecule has 0 fully saturated rings. The normalized spacial score (nSPS) is 11.5. The second-order valence-corrected chi connectivity index (χ2v) is 6.03. The largest absolute Gasteiger partial charge is 0.475 e. The van der Waals surface area contributed by atoms with E-state index in [-0.39, 0.29) is 11.9 Å². The number of hydrogen-bond acceptors (Lipinski definition) is 3. The molecule has 2 rings (SSSR count). The lowest BCUT2D eigenvalue weighted by molar-refractivity contribution is 0.232. The fourth-order valence-corrected chi connectivity index (χ4v) is 2.24. The number of halogens is 1. The van der Waals surface area contributed by atoms with Crippen molar-refractivity contribution in [3.8, 4) is 5.88 Å². The molecule has 0 aliphatic rings. The molecule has 0 aliphatic carbocycles. The molecular weight excluding hydrogens is 319 g/mol. The first-order chi connectivity index (χ1) is 12.0. The summed E-state index contributed by atoms with van der Waals surface area (Å²) in [6.45, 7) is 6.85. The van der Waals surface area contributed by atoms with Gasteiger partial charge in [-0.05, 0) is 43.5 Å². The second-order valence-electron chi connectivity index (χ2n) is 6.03. The van der Waals surface area contributed by atoms with E-state index in [1.54, 1.807) is 26.2 Å². The van der Waals surface area contributed by atoms with Crippen LogP contribution in [0.4, 0.5) is 4.39 Å². The molecule has 0 amide bonds. The molecule has 134 valence electrons. The zero-order chi connectivity index (χ0) is 18.2. The molecule has 0 spiro atoms. The zero-order valence-corrected chi connectivity index (χ0v) is 15.1. The van der Waals surface area contributed by atoms with Crippen LogP contribution in [0.3, 0.4) is 0 Å². The molecule has 0 saturated carbocycles. The topological polar surface area (TPSA) is 58.5 Å². The van der Waals surface area contributed by atoms with Crippen LogP contribution >= 0.6 is 0 Å². The number of ether oxygens (including phenoxy) is 1. The van der Waals surface area contributed by atoms with Gasteiger partial charge in [-0.1, -0.05) is 18.2 Å². The van der Waals surface area contributed by atoms with Crippen molar-refractivity contribution in [1.29, 1.82) is 0 Å². The Morgan fingerprint density at radius 2 is 1.84 bits per heavy atom. The third-order valence-corrected chi connectivity index (χ3v) is 3.52. The van der Waals surface area contributed by atoms with E-state index >= 15 is 0 Å². The maximum atomic E-state index is 13.3. The third kappa shape index (κ3) is 6.06. The number of benzene rings is 1. The van der Waals surface area contributed by atoms with Gasteiger partial charge >= 0.3 is 0 Å². The van der Waals surface area contributed by atoms with Gasteiger partial charge in [0.2, 0.25) is 5.88 Å². The van der Waals surface area contributed by atoms with Crippen LogP contribution in [0.5, 0.6) is 5.88 Å². The summed E-state index contributed by atoms with van der Waals surface area (Å²) in [5.41, 5.74) is 2.66. The first-order valence-electron chi connectivity index (χ1n) is 8.29. The average Bonchev–Trinajstić information content (AvgIpc) is 2.59. The molecule has 2 N–H and O–H groups in total. The van der Waals surface area contributed by atoms with E-state index in [9.17, 15) is 4.39 Å². The summed E-state index contributed by atoms with van der Waals surface area (Å²) in [7, 11) is 1.71. The highest BCUT2D eigenvalue weighted by Crippen LogP contribution is 2.10. The number of rotatable bonds is 6. The summed E-state index contributed by atoms with van der Waals surface area (Å²) in [5, 5.41) is 6.44. The van der Waals surface area contributed by atoms with E-state index in [0.29, 0.717) is 30.5 Å². The minimum absolute atomic E-state index is 0.106. The molecule has 25 heavy (non-hydrogen) atoms. The van der Waals surface area contributed by atoms with E-state index in [4.69, 9.17) is 4.74 Å². The van der Waals surface area contributed by atoms with Crippen molar-refractivity contribution in [2.75, 3.05) is 7.05 Å². The van der Waals surface area contributed by atoms with E-state index in [1.165, 1.54) is 6.07 Å². The lowest BCUT2D eigenvalue weighted by atomic mass is 10.1. The molecule has 0 aliphatic heterocycles. The smallest absolute Gasteiger partial charge is 0.213 e. The van der Waals surface area contributed by atoms with E-state index in [1.807, 2.05) is 32.0 Å². The Labute approximate surface area is 148 Å². The number of aromatic nitrogens is 1. The summed E-state index contributed by atoms with van der Waals surface area (Å²) in [6, 6.07) is 8.89. The number of aliphatic imine (C=N–C) groups is 1. The molecular formula is C19H25FN4O. The Kier molecular flexibility index (Phi) is 6.74. The molecule has 0 unspecified atom stereocenters. The van der Waals surface area contributed by atoms with Crippen LogP contribution in [0, 0.1) is 12.7 Å². The van der Waals surface area contributed by atoms with Crippen molar-refractivity contribution in [2.45, 2.75) is 40.0 Å². The monoisotopic (exact) mass is 344 g/mol. The molecule has 0 radical (unpaired) electrons. The maximum Gasteiger partial charge on any atom is 0.213 e. The second kappa shape index (κ2) is 9.01. The average molecular weight is 344 g/mol. The third-order valence-electron chi connectivity index (χ3n) is 3.52. The van der Waals surface area contributed by atoms with Crippen molar-refractivity contribution in [3.63, 3.8) is 0 Å². The van der Waals surface area contributed by atoms with Crippen LogP contribution in [0.15, 0.2) is 41.5 Å². The van der Waals surface area contributed by atoms with E-state index in [0.717, 1.165) is 11.1 Å². The van der Waals surface area contributed by atoms with Crippen LogP contribution in [-0.2, 0) is 13.1 Å². The number of hydrogen-bond donors (Lipinski definition) is 2. The van der Waals surface area contributed by atoms with Gasteiger partial charge in [-0.25, -0.2) is 9.37 Å². The van der Waals surface area contributed by atoms with Gasteiger partial charge < -0.3 is 15.4 Å². The van der Waals surface area contributed by atoms with Crippen molar-refractivity contribution in [1.82, 2.24) is 15.6 Å². The Balaban J connectivity index is 1.84. The molecule has 0 saturated heterocycles. The summed E-state index contributed by atoms with van der Waals surface area (Å²) in [6.07, 6.45) is 1.89. The highest BCUT2D eigenvalue weighted by molar-refractivity contribution is 5.79. The molecule has 2 aromatic rings. The van der Waals surface area contributed by atoms with Crippen LogP contribution in [0.2, 0.25) is 0 Å². The molecule has 1 heterocycles. The summed E-state index contributed by atoms with van der Waals surface area (Å²) in [4.78, 5) is 8.47. The van der Waals surface area contributed by atoms with Gasteiger partial charge in [0.15, 0.2) is 5.96 Å². The molecule has 0 atom stereocenters. The molecule has 6 heteroatoms. The predicted molar refractivity (Wildman–Crippen MR) is 98.2 cm³/mol. The van der Waals surface area contributed by atoms with Crippen LogP contribution in [0.1, 0.15) is 30.5 Å². The number of aryl methyl sites for hydroxylation is 1. The molecule has 5 nitrogen and oxygen atoms in total. The quantitative estimate of drug-likeness (QED) is 0.624. The fraction of sp³-hybridized carbons (Fsp3) is 0.368. The Bertz CT molecular complexity index is 714. The van der Waals surface area contributed by atoms with Gasteiger partial charge in [-0.2, -0.15) is 0 Å². The Hall–Kier alpha value is -2.63. The highest BCUT2D eigenvalue weighted by Gasteiger charge is 2.03. The Morgan fingerprint density at radius 1 is 1.16 bits per heavy atom.